The van der Waals surface area contributed by atoms with Gasteiger partial charge in [0.05, 0.1) is 37.5 Å². The standard InChI is InChI=1S/C26H26ClN3O3/c1-26(2)12-20-24(21(31)13-26)23(15-5-7-16(27)8-6-15)18(14-28)25(29)30(20)19-10-9-17(32-3)11-22(19)33-4/h5-11,23H,12-13,29H2,1-4H3/t23-/m0/s1. The van der Waals surface area contributed by atoms with Crippen LogP contribution in [-0.2, 0) is 4.79 Å². The Morgan fingerprint density at radius 1 is 1.12 bits per heavy atom. The number of hydrogen-bond donors (Lipinski definition) is 1. The first-order valence-electron chi connectivity index (χ1n) is 10.6. The summed E-state index contributed by atoms with van der Waals surface area (Å²) in [4.78, 5) is 15.4. The summed E-state index contributed by atoms with van der Waals surface area (Å²) < 4.78 is 11.0. The molecule has 2 aromatic carbocycles. The number of nitrogens with two attached hydrogens (primary N) is 1. The van der Waals surface area contributed by atoms with Gasteiger partial charge in [0.1, 0.15) is 17.3 Å². The number of carbonyl (C=O) groups excluding carboxylic acids is 1. The smallest absolute Gasteiger partial charge is 0.162 e. The fraction of sp³-hybridized carbons (Fsp3) is 0.308. The number of allylic oxidation sites excluding steroid dienone is 3. The zero-order valence-corrected chi connectivity index (χ0v) is 19.9. The summed E-state index contributed by atoms with van der Waals surface area (Å²) in [5, 5.41) is 10.8. The third-order valence-corrected chi connectivity index (χ3v) is 6.46. The largest absolute Gasteiger partial charge is 0.497 e. The molecule has 170 valence electrons. The first-order valence-corrected chi connectivity index (χ1v) is 11.0. The van der Waals surface area contributed by atoms with Gasteiger partial charge < -0.3 is 15.2 Å². The highest BCUT2D eigenvalue weighted by Crippen LogP contribution is 2.51. The lowest BCUT2D eigenvalue weighted by Gasteiger charge is -2.44. The van der Waals surface area contributed by atoms with E-state index in [4.69, 9.17) is 26.8 Å². The summed E-state index contributed by atoms with van der Waals surface area (Å²) in [5.41, 5.74) is 9.58. The number of nitriles is 1. The molecule has 7 heteroatoms. The van der Waals surface area contributed by atoms with Crippen LogP contribution in [0, 0.1) is 16.7 Å². The molecule has 1 aliphatic carbocycles. The van der Waals surface area contributed by atoms with Crippen molar-refractivity contribution >= 4 is 23.1 Å². The maximum Gasteiger partial charge on any atom is 0.162 e. The summed E-state index contributed by atoms with van der Waals surface area (Å²) >= 11 is 6.10. The minimum absolute atomic E-state index is 0.0129. The van der Waals surface area contributed by atoms with E-state index in [-0.39, 0.29) is 17.0 Å². The Hall–Kier alpha value is -3.43. The molecule has 0 spiro atoms. The third-order valence-electron chi connectivity index (χ3n) is 6.21. The van der Waals surface area contributed by atoms with E-state index in [2.05, 4.69) is 19.9 Å². The van der Waals surface area contributed by atoms with E-state index in [1.165, 1.54) is 0 Å². The van der Waals surface area contributed by atoms with Crippen molar-refractivity contribution in [2.24, 2.45) is 11.1 Å². The van der Waals surface area contributed by atoms with Gasteiger partial charge in [-0.1, -0.05) is 37.6 Å². The van der Waals surface area contributed by atoms with Crippen molar-refractivity contribution in [1.82, 2.24) is 0 Å². The molecule has 1 heterocycles. The van der Waals surface area contributed by atoms with Crippen LogP contribution in [0.3, 0.4) is 0 Å². The molecule has 1 atom stereocenters. The molecular formula is C26H26ClN3O3. The van der Waals surface area contributed by atoms with Crippen molar-refractivity contribution in [3.05, 3.63) is 75.7 Å². The van der Waals surface area contributed by atoms with Crippen molar-refractivity contribution in [2.75, 3.05) is 19.1 Å². The van der Waals surface area contributed by atoms with E-state index in [9.17, 15) is 10.1 Å². The van der Waals surface area contributed by atoms with Crippen LogP contribution in [0.1, 0.15) is 38.2 Å². The van der Waals surface area contributed by atoms with Crippen LogP contribution in [0.2, 0.25) is 5.02 Å². The van der Waals surface area contributed by atoms with Crippen LogP contribution in [0.15, 0.2) is 65.1 Å². The number of methoxy groups -OCH3 is 2. The summed E-state index contributed by atoms with van der Waals surface area (Å²) in [6.45, 7) is 4.13. The SMILES string of the molecule is COc1ccc(N2C(N)=C(C#N)[C@H](c3ccc(Cl)cc3)C3=C2CC(C)(C)CC3=O)c(OC)c1. The molecule has 0 unspecified atom stereocenters. The van der Waals surface area contributed by atoms with Crippen LogP contribution in [0.5, 0.6) is 11.5 Å². The Kier molecular flexibility index (Phi) is 5.85. The zero-order valence-electron chi connectivity index (χ0n) is 19.1. The van der Waals surface area contributed by atoms with Crippen molar-refractivity contribution in [3.63, 3.8) is 0 Å². The summed E-state index contributed by atoms with van der Waals surface area (Å²) in [7, 11) is 3.14. The Labute approximate surface area is 198 Å². The first-order chi connectivity index (χ1) is 15.7. The van der Waals surface area contributed by atoms with Crippen LogP contribution in [-0.4, -0.2) is 20.0 Å². The molecule has 0 fully saturated rings. The molecule has 2 N–H and O–H groups in total. The van der Waals surface area contributed by atoms with Crippen LogP contribution < -0.4 is 20.1 Å². The monoisotopic (exact) mass is 463 g/mol. The molecular weight excluding hydrogens is 438 g/mol. The Bertz CT molecular complexity index is 1220. The molecule has 0 amide bonds. The fourth-order valence-corrected chi connectivity index (χ4v) is 4.87. The molecule has 0 bridgehead atoms. The van der Waals surface area contributed by atoms with E-state index in [0.717, 1.165) is 11.3 Å². The predicted molar refractivity (Wildman–Crippen MR) is 128 cm³/mol. The fourth-order valence-electron chi connectivity index (χ4n) is 4.74. The lowest BCUT2D eigenvalue weighted by molar-refractivity contribution is -0.118. The summed E-state index contributed by atoms with van der Waals surface area (Å²) in [6.07, 6.45) is 1.01. The lowest BCUT2D eigenvalue weighted by Crippen LogP contribution is -2.42. The molecule has 1 aliphatic heterocycles. The molecule has 2 aliphatic rings. The van der Waals surface area contributed by atoms with Gasteiger partial charge in [0.2, 0.25) is 0 Å². The molecule has 33 heavy (non-hydrogen) atoms. The normalized spacial score (nSPS) is 19.8. The Balaban J connectivity index is 2.01. The number of rotatable bonds is 4. The number of hydrogen-bond acceptors (Lipinski definition) is 6. The second-order valence-corrected chi connectivity index (χ2v) is 9.51. The average Bonchev–Trinajstić information content (AvgIpc) is 2.78. The highest BCUT2D eigenvalue weighted by atomic mass is 35.5. The molecule has 0 saturated carbocycles. The van der Waals surface area contributed by atoms with E-state index in [0.29, 0.717) is 46.2 Å². The van der Waals surface area contributed by atoms with Gasteiger partial charge in [-0.15, -0.1) is 0 Å². The number of ketones is 1. The van der Waals surface area contributed by atoms with E-state index in [1.54, 1.807) is 43.4 Å². The van der Waals surface area contributed by atoms with Crippen LogP contribution in [0.25, 0.3) is 0 Å². The van der Waals surface area contributed by atoms with Gasteiger partial charge in [0, 0.05) is 28.8 Å². The van der Waals surface area contributed by atoms with E-state index < -0.39 is 5.92 Å². The van der Waals surface area contributed by atoms with Gasteiger partial charge in [-0.05, 0) is 41.7 Å². The second kappa shape index (κ2) is 8.49. The van der Waals surface area contributed by atoms with E-state index in [1.807, 2.05) is 18.2 Å². The highest BCUT2D eigenvalue weighted by Gasteiger charge is 2.45. The van der Waals surface area contributed by atoms with Crippen LogP contribution in [0.4, 0.5) is 5.69 Å². The minimum Gasteiger partial charge on any atom is -0.497 e. The average molecular weight is 464 g/mol. The van der Waals surface area contributed by atoms with Gasteiger partial charge in [-0.3, -0.25) is 9.69 Å². The second-order valence-electron chi connectivity index (χ2n) is 9.07. The maximum atomic E-state index is 13.6. The number of Topliss-reactive ketones (excluding diaryl/α,β-unsaturated/α-hetero) is 1. The van der Waals surface area contributed by atoms with Crippen molar-refractivity contribution in [2.45, 2.75) is 32.6 Å². The minimum atomic E-state index is -0.550. The molecule has 4 rings (SSSR count). The summed E-state index contributed by atoms with van der Waals surface area (Å²) in [5.74, 6) is 0.904. The van der Waals surface area contributed by atoms with Gasteiger partial charge >= 0.3 is 0 Å². The predicted octanol–water partition coefficient (Wildman–Crippen LogP) is 5.30. The Morgan fingerprint density at radius 3 is 2.42 bits per heavy atom. The number of ether oxygens (including phenoxy) is 2. The van der Waals surface area contributed by atoms with Crippen molar-refractivity contribution in [1.29, 1.82) is 5.26 Å². The van der Waals surface area contributed by atoms with Gasteiger partial charge in [0.15, 0.2) is 5.78 Å². The topological polar surface area (TPSA) is 88.6 Å². The number of nitrogens with zero attached hydrogens (tertiary/aromatic N) is 2. The van der Waals surface area contributed by atoms with Crippen molar-refractivity contribution < 1.29 is 14.3 Å². The number of anilines is 1. The first kappa shape index (κ1) is 22.8. The van der Waals surface area contributed by atoms with Crippen LogP contribution >= 0.6 is 11.6 Å². The number of halogens is 1. The number of carbonyl (C=O) groups is 1. The molecule has 0 aromatic heterocycles. The maximum absolute atomic E-state index is 13.6. The highest BCUT2D eigenvalue weighted by molar-refractivity contribution is 6.30. The van der Waals surface area contributed by atoms with Gasteiger partial charge in [-0.25, -0.2) is 0 Å². The molecule has 6 nitrogen and oxygen atoms in total. The van der Waals surface area contributed by atoms with Gasteiger partial charge in [0.25, 0.3) is 0 Å². The third kappa shape index (κ3) is 3.94. The van der Waals surface area contributed by atoms with E-state index >= 15 is 0 Å². The molecule has 0 saturated heterocycles. The molecule has 2 aromatic rings. The lowest BCUT2D eigenvalue weighted by atomic mass is 9.68. The molecule has 0 radical (unpaired) electrons. The number of benzene rings is 2. The van der Waals surface area contributed by atoms with Gasteiger partial charge in [-0.2, -0.15) is 5.26 Å². The summed E-state index contributed by atoms with van der Waals surface area (Å²) in [6, 6.07) is 14.9. The zero-order chi connectivity index (χ0) is 23.9. The Morgan fingerprint density at radius 2 is 1.82 bits per heavy atom. The van der Waals surface area contributed by atoms with Crippen molar-refractivity contribution in [3.8, 4) is 17.6 Å². The quantitative estimate of drug-likeness (QED) is 0.662.